The third-order valence-corrected chi connectivity index (χ3v) is 6.99. The van der Waals surface area contributed by atoms with E-state index in [2.05, 4.69) is 22.1 Å². The fraction of sp³-hybridized carbons (Fsp3) is 0.182. The van der Waals surface area contributed by atoms with Crippen LogP contribution in [0.25, 0.3) is 0 Å². The van der Waals surface area contributed by atoms with Crippen LogP contribution in [0, 0.1) is 11.8 Å². The summed E-state index contributed by atoms with van der Waals surface area (Å²) in [7, 11) is 1.56. The molecule has 0 radical (unpaired) electrons. The summed E-state index contributed by atoms with van der Waals surface area (Å²) in [4.78, 5) is 33.3. The van der Waals surface area contributed by atoms with Crippen LogP contribution in [-0.4, -0.2) is 60.1 Å². The Labute approximate surface area is 251 Å². The molecule has 0 bridgehead atoms. The number of carbonyl (C=O) groups is 2. The number of piperazine rings is 1. The summed E-state index contributed by atoms with van der Waals surface area (Å²) < 4.78 is 46.1. The van der Waals surface area contributed by atoms with Crippen LogP contribution in [0.4, 0.5) is 24.5 Å². The highest BCUT2D eigenvalue weighted by Gasteiger charge is 2.32. The van der Waals surface area contributed by atoms with Crippen molar-refractivity contribution in [2.24, 2.45) is 0 Å². The monoisotopic (exact) mass is 600 g/mol. The Morgan fingerprint density at radius 3 is 2.18 bits per heavy atom. The number of aromatic nitrogens is 1. The van der Waals surface area contributed by atoms with E-state index >= 15 is 0 Å². The Kier molecular flexibility index (Phi) is 8.71. The van der Waals surface area contributed by atoms with Crippen molar-refractivity contribution < 1.29 is 32.6 Å². The van der Waals surface area contributed by atoms with Gasteiger partial charge in [-0.25, -0.2) is 0 Å². The van der Waals surface area contributed by atoms with E-state index in [1.807, 2.05) is 17.0 Å². The van der Waals surface area contributed by atoms with Crippen LogP contribution in [0.2, 0.25) is 0 Å². The summed E-state index contributed by atoms with van der Waals surface area (Å²) in [5, 5.41) is 12.4. The smallest absolute Gasteiger partial charge is 0.416 e. The molecule has 2 heterocycles. The number of nitrogens with one attached hydrogen (secondary N) is 1. The standard InChI is InChI=1S/C33H27F3N4O4/c1-44-30-10-6-27(7-11-30)38-31(42)24-4-8-28(9-5-24)39-12-14-40(15-13-39)32(43)25-16-22(17-26(19-25)33(34,35)36)2-3-23-18-29(41)21-37-20-23/h4-11,16-21,41H,12-15H2,1H3,(H,38,42). The van der Waals surface area contributed by atoms with Crippen LogP contribution in [0.3, 0.4) is 0 Å². The van der Waals surface area contributed by atoms with Gasteiger partial charge in [0.05, 0.1) is 18.9 Å². The lowest BCUT2D eigenvalue weighted by Crippen LogP contribution is -2.48. The maximum atomic E-state index is 13.7. The SMILES string of the molecule is COc1ccc(NC(=O)c2ccc(N3CCN(C(=O)c4cc(C#Cc5cncc(O)c5)cc(C(F)(F)F)c4)CC3)cc2)cc1. The molecule has 1 fully saturated rings. The van der Waals surface area contributed by atoms with E-state index in [9.17, 15) is 27.9 Å². The molecule has 2 N–H and O–H groups in total. The van der Waals surface area contributed by atoms with Crippen LogP contribution in [-0.2, 0) is 6.18 Å². The van der Waals surface area contributed by atoms with Crippen LogP contribution in [0.1, 0.15) is 37.4 Å². The number of amides is 2. The van der Waals surface area contributed by atoms with Crippen molar-refractivity contribution in [2.45, 2.75) is 6.18 Å². The van der Waals surface area contributed by atoms with Gasteiger partial charge < -0.3 is 25.0 Å². The highest BCUT2D eigenvalue weighted by molar-refractivity contribution is 6.04. The average Bonchev–Trinajstić information content (AvgIpc) is 3.03. The van der Waals surface area contributed by atoms with Crippen molar-refractivity contribution in [1.82, 2.24) is 9.88 Å². The molecule has 1 aliphatic heterocycles. The number of anilines is 2. The normalized spacial score (nSPS) is 13.1. The van der Waals surface area contributed by atoms with Crippen LogP contribution in [0.15, 0.2) is 85.2 Å². The second-order valence-corrected chi connectivity index (χ2v) is 9.99. The van der Waals surface area contributed by atoms with E-state index in [4.69, 9.17) is 4.74 Å². The number of alkyl halides is 3. The molecule has 2 amide bonds. The highest BCUT2D eigenvalue weighted by atomic mass is 19.4. The molecule has 224 valence electrons. The first kappa shape index (κ1) is 30.0. The van der Waals surface area contributed by atoms with Crippen molar-refractivity contribution in [3.05, 3.63) is 113 Å². The zero-order chi connectivity index (χ0) is 31.3. The van der Waals surface area contributed by atoms with Gasteiger partial charge in [0.1, 0.15) is 11.5 Å². The van der Waals surface area contributed by atoms with Crippen LogP contribution in [0.5, 0.6) is 11.5 Å². The molecule has 0 aliphatic carbocycles. The van der Waals surface area contributed by atoms with Gasteiger partial charge in [-0.1, -0.05) is 11.8 Å². The molecule has 1 aliphatic rings. The van der Waals surface area contributed by atoms with Crippen molar-refractivity contribution in [2.75, 3.05) is 43.5 Å². The third kappa shape index (κ3) is 7.28. The number of hydrogen-bond acceptors (Lipinski definition) is 6. The lowest BCUT2D eigenvalue weighted by Gasteiger charge is -2.36. The fourth-order valence-corrected chi connectivity index (χ4v) is 4.68. The minimum Gasteiger partial charge on any atom is -0.506 e. The summed E-state index contributed by atoms with van der Waals surface area (Å²) in [6.45, 7) is 1.51. The lowest BCUT2D eigenvalue weighted by molar-refractivity contribution is -0.137. The number of halogens is 3. The molecule has 0 atom stereocenters. The average molecular weight is 601 g/mol. The minimum absolute atomic E-state index is 0.0151. The third-order valence-electron chi connectivity index (χ3n) is 6.99. The molecule has 0 spiro atoms. The number of aromatic hydroxyl groups is 1. The Bertz CT molecular complexity index is 1720. The molecular weight excluding hydrogens is 573 g/mol. The number of benzene rings is 3. The van der Waals surface area contributed by atoms with Crippen molar-refractivity contribution >= 4 is 23.2 Å². The van der Waals surface area contributed by atoms with Gasteiger partial charge in [0.25, 0.3) is 11.8 Å². The van der Waals surface area contributed by atoms with Crippen LogP contribution < -0.4 is 15.0 Å². The van der Waals surface area contributed by atoms with Gasteiger partial charge in [0.15, 0.2) is 0 Å². The first-order chi connectivity index (χ1) is 21.1. The number of ether oxygens (including phenoxy) is 1. The lowest BCUT2D eigenvalue weighted by atomic mass is 10.0. The molecule has 0 saturated carbocycles. The van der Waals surface area contributed by atoms with E-state index in [1.165, 1.54) is 29.4 Å². The molecule has 3 aromatic carbocycles. The zero-order valence-electron chi connectivity index (χ0n) is 23.6. The number of rotatable bonds is 5. The van der Waals surface area contributed by atoms with Gasteiger partial charge in [-0.05, 0) is 72.8 Å². The molecule has 5 rings (SSSR count). The highest BCUT2D eigenvalue weighted by Crippen LogP contribution is 2.31. The predicted octanol–water partition coefficient (Wildman–Crippen LogP) is 5.43. The number of pyridine rings is 1. The summed E-state index contributed by atoms with van der Waals surface area (Å²) in [6, 6.07) is 18.5. The van der Waals surface area contributed by atoms with Crippen LogP contribution >= 0.6 is 0 Å². The van der Waals surface area contributed by atoms with E-state index in [0.29, 0.717) is 48.7 Å². The maximum absolute atomic E-state index is 13.7. The second kappa shape index (κ2) is 12.8. The molecule has 0 unspecified atom stereocenters. The summed E-state index contributed by atoms with van der Waals surface area (Å²) >= 11 is 0. The Hall–Kier alpha value is -5.50. The summed E-state index contributed by atoms with van der Waals surface area (Å²) in [5.74, 6) is 5.09. The van der Waals surface area contributed by atoms with Gasteiger partial charge in [-0.15, -0.1) is 0 Å². The minimum atomic E-state index is -4.67. The second-order valence-electron chi connectivity index (χ2n) is 9.99. The van der Waals surface area contributed by atoms with Gasteiger partial charge in [0, 0.05) is 66.0 Å². The number of hydrogen-bond donors (Lipinski definition) is 2. The molecule has 1 saturated heterocycles. The number of methoxy groups -OCH3 is 1. The molecule has 11 heteroatoms. The Balaban J connectivity index is 1.24. The molecule has 44 heavy (non-hydrogen) atoms. The predicted molar refractivity (Wildman–Crippen MR) is 159 cm³/mol. The quantitative estimate of drug-likeness (QED) is 0.297. The number of carbonyl (C=O) groups excluding carboxylic acids is 2. The van der Waals surface area contributed by atoms with Gasteiger partial charge in [-0.2, -0.15) is 13.2 Å². The summed E-state index contributed by atoms with van der Waals surface area (Å²) in [5.41, 5.74) is 1.21. The Morgan fingerprint density at radius 2 is 1.55 bits per heavy atom. The first-order valence-corrected chi connectivity index (χ1v) is 13.6. The Morgan fingerprint density at radius 1 is 0.864 bits per heavy atom. The zero-order valence-corrected chi connectivity index (χ0v) is 23.6. The largest absolute Gasteiger partial charge is 0.506 e. The summed E-state index contributed by atoms with van der Waals surface area (Å²) in [6.07, 6.45) is -2.09. The fourth-order valence-electron chi connectivity index (χ4n) is 4.68. The molecule has 1 aromatic heterocycles. The first-order valence-electron chi connectivity index (χ1n) is 13.6. The van der Waals surface area contributed by atoms with E-state index < -0.39 is 17.6 Å². The molecule has 4 aromatic rings. The molecule has 8 nitrogen and oxygen atoms in total. The van der Waals surface area contributed by atoms with Gasteiger partial charge >= 0.3 is 6.18 Å². The van der Waals surface area contributed by atoms with Crippen molar-refractivity contribution in [3.8, 4) is 23.3 Å². The van der Waals surface area contributed by atoms with Gasteiger partial charge in [0.2, 0.25) is 0 Å². The van der Waals surface area contributed by atoms with Gasteiger partial charge in [-0.3, -0.25) is 14.6 Å². The van der Waals surface area contributed by atoms with E-state index in [0.717, 1.165) is 17.8 Å². The van der Waals surface area contributed by atoms with Crippen molar-refractivity contribution in [1.29, 1.82) is 0 Å². The topological polar surface area (TPSA) is 95.0 Å². The van der Waals surface area contributed by atoms with E-state index in [1.54, 1.807) is 43.5 Å². The number of nitrogens with zero attached hydrogens (tertiary/aromatic N) is 3. The van der Waals surface area contributed by atoms with Crippen molar-refractivity contribution in [3.63, 3.8) is 0 Å². The maximum Gasteiger partial charge on any atom is 0.416 e. The molecular formula is C33H27F3N4O4. The van der Waals surface area contributed by atoms with E-state index in [-0.39, 0.29) is 22.8 Å².